The van der Waals surface area contributed by atoms with E-state index in [1.165, 1.54) is 12.1 Å². The number of carboxylic acids is 1. The van der Waals surface area contributed by atoms with E-state index < -0.39 is 23.5 Å². The van der Waals surface area contributed by atoms with Crippen LogP contribution < -0.4 is 0 Å². The zero-order valence-corrected chi connectivity index (χ0v) is 22.3. The number of aryl methyl sites for hydroxylation is 1. The van der Waals surface area contributed by atoms with Crippen molar-refractivity contribution in [2.75, 3.05) is 6.54 Å². The third kappa shape index (κ3) is 5.44. The summed E-state index contributed by atoms with van der Waals surface area (Å²) in [6.07, 6.45) is -0.571. The first-order valence-corrected chi connectivity index (χ1v) is 12.5. The molecular formula is C31H34FNO4. The zero-order chi connectivity index (χ0) is 27.1. The van der Waals surface area contributed by atoms with Gasteiger partial charge in [0.25, 0.3) is 5.91 Å². The lowest BCUT2D eigenvalue weighted by molar-refractivity contribution is -0.160. The number of ether oxygens (including phenoxy) is 1. The Morgan fingerprint density at radius 1 is 1.00 bits per heavy atom. The second kappa shape index (κ2) is 10.1. The molecule has 194 valence electrons. The van der Waals surface area contributed by atoms with Gasteiger partial charge in [0.05, 0.1) is 5.60 Å². The van der Waals surface area contributed by atoms with Gasteiger partial charge in [-0.3, -0.25) is 4.79 Å². The molecule has 0 saturated carbocycles. The molecule has 6 heteroatoms. The second-order valence-corrected chi connectivity index (χ2v) is 10.8. The highest BCUT2D eigenvalue weighted by Gasteiger charge is 2.35. The summed E-state index contributed by atoms with van der Waals surface area (Å²) >= 11 is 0. The normalized spacial score (nSPS) is 14.3. The fourth-order valence-electron chi connectivity index (χ4n) is 5.21. The van der Waals surface area contributed by atoms with Gasteiger partial charge in [-0.1, -0.05) is 35.9 Å². The molecule has 1 amide bonds. The van der Waals surface area contributed by atoms with E-state index >= 15 is 0 Å². The van der Waals surface area contributed by atoms with Crippen LogP contribution in [0.3, 0.4) is 0 Å². The Labute approximate surface area is 217 Å². The van der Waals surface area contributed by atoms with Crippen LogP contribution in [-0.2, 0) is 22.5 Å². The van der Waals surface area contributed by atoms with Crippen LogP contribution in [0.2, 0.25) is 0 Å². The quantitative estimate of drug-likeness (QED) is 0.428. The molecule has 5 nitrogen and oxygen atoms in total. The lowest BCUT2D eigenvalue weighted by Gasteiger charge is -2.35. The van der Waals surface area contributed by atoms with Crippen molar-refractivity contribution < 1.29 is 23.8 Å². The fraction of sp³-hybridized carbons (Fsp3) is 0.355. The van der Waals surface area contributed by atoms with Crippen molar-refractivity contribution >= 4 is 11.9 Å². The highest BCUT2D eigenvalue weighted by Crippen LogP contribution is 2.42. The van der Waals surface area contributed by atoms with Crippen molar-refractivity contribution in [1.29, 1.82) is 0 Å². The Morgan fingerprint density at radius 3 is 2.27 bits per heavy atom. The number of carboxylic acid groups (broad SMARTS) is 1. The largest absolute Gasteiger partial charge is 0.479 e. The molecule has 0 saturated heterocycles. The van der Waals surface area contributed by atoms with E-state index in [0.717, 1.165) is 38.9 Å². The van der Waals surface area contributed by atoms with Gasteiger partial charge in [-0.2, -0.15) is 0 Å². The number of amides is 1. The highest BCUT2D eigenvalue weighted by atomic mass is 19.1. The fourth-order valence-corrected chi connectivity index (χ4v) is 5.21. The van der Waals surface area contributed by atoms with E-state index in [9.17, 15) is 19.1 Å². The first-order chi connectivity index (χ1) is 17.4. The summed E-state index contributed by atoms with van der Waals surface area (Å²) in [5.74, 6) is -1.70. The van der Waals surface area contributed by atoms with Gasteiger partial charge in [0, 0.05) is 24.2 Å². The van der Waals surface area contributed by atoms with Gasteiger partial charge < -0.3 is 14.7 Å². The van der Waals surface area contributed by atoms with Gasteiger partial charge in [0.15, 0.2) is 6.10 Å². The summed E-state index contributed by atoms with van der Waals surface area (Å²) in [6.45, 7) is 12.3. The molecule has 0 radical (unpaired) electrons. The number of rotatable bonds is 5. The van der Waals surface area contributed by atoms with Gasteiger partial charge >= 0.3 is 5.97 Å². The van der Waals surface area contributed by atoms with Gasteiger partial charge in [-0.15, -0.1) is 0 Å². The van der Waals surface area contributed by atoms with Crippen molar-refractivity contribution in [2.24, 2.45) is 0 Å². The lowest BCUT2D eigenvalue weighted by Crippen LogP contribution is -2.37. The molecule has 4 rings (SSSR count). The monoisotopic (exact) mass is 503 g/mol. The standard InChI is InChI=1S/C31H34FNO4/c1-18-10-12-21(13-11-18)26-20(3)25-17-33(29(34)22-8-7-9-23(32)16-22)15-14-24(25)19(2)27(26)28(30(35)36)37-31(4,5)6/h7-13,16,28H,14-15,17H2,1-6H3,(H,35,36). The van der Waals surface area contributed by atoms with Gasteiger partial charge in [-0.25, -0.2) is 9.18 Å². The molecule has 1 unspecified atom stereocenters. The van der Waals surface area contributed by atoms with Crippen LogP contribution in [0.1, 0.15) is 70.6 Å². The summed E-state index contributed by atoms with van der Waals surface area (Å²) in [5.41, 5.74) is 7.01. The first kappa shape index (κ1) is 26.6. The maximum atomic E-state index is 13.8. The number of halogens is 1. The number of carbonyl (C=O) groups is 2. The summed E-state index contributed by atoms with van der Waals surface area (Å²) in [4.78, 5) is 27.5. The SMILES string of the molecule is Cc1ccc(-c2c(C)c3c(c(C)c2C(OC(C)(C)C)C(=O)O)CCN(C(=O)c2cccc(F)c2)C3)cc1. The minimum absolute atomic E-state index is 0.220. The molecule has 0 spiro atoms. The molecule has 1 heterocycles. The number of hydrogen-bond acceptors (Lipinski definition) is 3. The van der Waals surface area contributed by atoms with Crippen LogP contribution in [0.15, 0.2) is 48.5 Å². The zero-order valence-electron chi connectivity index (χ0n) is 22.3. The second-order valence-electron chi connectivity index (χ2n) is 10.8. The molecular weight excluding hydrogens is 469 g/mol. The van der Waals surface area contributed by atoms with E-state index in [1.807, 2.05) is 65.8 Å². The molecule has 3 aromatic rings. The summed E-state index contributed by atoms with van der Waals surface area (Å²) in [7, 11) is 0. The summed E-state index contributed by atoms with van der Waals surface area (Å²) in [5, 5.41) is 10.3. The lowest BCUT2D eigenvalue weighted by atomic mass is 9.80. The van der Waals surface area contributed by atoms with E-state index in [0.29, 0.717) is 30.6 Å². The van der Waals surface area contributed by atoms with Crippen molar-refractivity contribution in [3.63, 3.8) is 0 Å². The first-order valence-electron chi connectivity index (χ1n) is 12.5. The van der Waals surface area contributed by atoms with Crippen molar-refractivity contribution in [3.8, 4) is 11.1 Å². The van der Waals surface area contributed by atoms with Gasteiger partial charge in [0.1, 0.15) is 5.82 Å². The average molecular weight is 504 g/mol. The van der Waals surface area contributed by atoms with E-state index in [4.69, 9.17) is 4.74 Å². The molecule has 1 aliphatic rings. The van der Waals surface area contributed by atoms with E-state index in [1.54, 1.807) is 17.0 Å². The maximum Gasteiger partial charge on any atom is 0.337 e. The molecule has 3 aromatic carbocycles. The minimum Gasteiger partial charge on any atom is -0.479 e. The number of carbonyl (C=O) groups excluding carboxylic acids is 1. The Balaban J connectivity index is 1.89. The topological polar surface area (TPSA) is 66.8 Å². The van der Waals surface area contributed by atoms with Crippen LogP contribution in [0.4, 0.5) is 4.39 Å². The predicted octanol–water partition coefficient (Wildman–Crippen LogP) is 6.56. The van der Waals surface area contributed by atoms with Crippen LogP contribution in [0, 0.1) is 26.6 Å². The van der Waals surface area contributed by atoms with Crippen molar-refractivity contribution in [1.82, 2.24) is 4.90 Å². The minimum atomic E-state index is -1.15. The number of nitrogens with zero attached hydrogens (tertiary/aromatic N) is 1. The summed E-state index contributed by atoms with van der Waals surface area (Å²) in [6, 6.07) is 13.8. The number of aliphatic carboxylic acids is 1. The Morgan fingerprint density at radius 2 is 1.68 bits per heavy atom. The number of hydrogen-bond donors (Lipinski definition) is 1. The molecule has 1 aliphatic heterocycles. The number of benzene rings is 3. The molecule has 1 atom stereocenters. The molecule has 0 aromatic heterocycles. The van der Waals surface area contributed by atoms with Gasteiger partial charge in [-0.05, 0) is 99.5 Å². The molecule has 37 heavy (non-hydrogen) atoms. The van der Waals surface area contributed by atoms with Crippen LogP contribution >= 0.6 is 0 Å². The highest BCUT2D eigenvalue weighted by molar-refractivity contribution is 5.94. The number of fused-ring (bicyclic) bond motifs is 1. The van der Waals surface area contributed by atoms with Crippen molar-refractivity contribution in [2.45, 2.75) is 66.2 Å². The molecule has 1 N–H and O–H groups in total. The maximum absolute atomic E-state index is 13.8. The average Bonchev–Trinajstić information content (AvgIpc) is 2.84. The third-order valence-corrected chi connectivity index (χ3v) is 6.96. The van der Waals surface area contributed by atoms with E-state index in [-0.39, 0.29) is 5.91 Å². The Kier molecular flexibility index (Phi) is 7.24. The molecule has 0 fully saturated rings. The predicted molar refractivity (Wildman–Crippen MR) is 142 cm³/mol. The Hall–Kier alpha value is -3.51. The summed E-state index contributed by atoms with van der Waals surface area (Å²) < 4.78 is 19.9. The molecule has 0 aliphatic carbocycles. The smallest absolute Gasteiger partial charge is 0.337 e. The van der Waals surface area contributed by atoms with Gasteiger partial charge in [0.2, 0.25) is 0 Å². The van der Waals surface area contributed by atoms with Crippen LogP contribution in [0.5, 0.6) is 0 Å². The van der Waals surface area contributed by atoms with E-state index in [2.05, 4.69) is 0 Å². The van der Waals surface area contributed by atoms with Crippen molar-refractivity contribution in [3.05, 3.63) is 93.3 Å². The van der Waals surface area contributed by atoms with Crippen LogP contribution in [0.25, 0.3) is 11.1 Å². The Bertz CT molecular complexity index is 1360. The molecule has 0 bridgehead atoms. The van der Waals surface area contributed by atoms with Crippen LogP contribution in [-0.4, -0.2) is 34.0 Å². The third-order valence-electron chi connectivity index (χ3n) is 6.96.